The highest BCUT2D eigenvalue weighted by atomic mass is 16.4. The predicted molar refractivity (Wildman–Crippen MR) is 72.1 cm³/mol. The van der Waals surface area contributed by atoms with Crippen molar-refractivity contribution in [3.05, 3.63) is 18.2 Å². The molecule has 0 aliphatic carbocycles. The SMILES string of the molecule is CC1(C(=O)N[C@@H](Cc2cnc[nH]2)C(=O)O)CCCNC1. The van der Waals surface area contributed by atoms with Gasteiger partial charge in [0.1, 0.15) is 6.04 Å². The molecule has 7 nitrogen and oxygen atoms in total. The molecule has 2 rings (SSSR count). The summed E-state index contributed by atoms with van der Waals surface area (Å²) < 4.78 is 0. The molecular weight excluding hydrogens is 260 g/mol. The van der Waals surface area contributed by atoms with Gasteiger partial charge in [-0.15, -0.1) is 0 Å². The van der Waals surface area contributed by atoms with E-state index < -0.39 is 17.4 Å². The number of carbonyl (C=O) groups excluding carboxylic acids is 1. The first-order chi connectivity index (χ1) is 9.51. The minimum atomic E-state index is -1.04. The van der Waals surface area contributed by atoms with Crippen molar-refractivity contribution < 1.29 is 14.7 Å². The van der Waals surface area contributed by atoms with E-state index >= 15 is 0 Å². The predicted octanol–water partition coefficient (Wildman–Crippen LogP) is -0.0887. The Bertz CT molecular complexity index is 466. The first-order valence-corrected chi connectivity index (χ1v) is 6.73. The summed E-state index contributed by atoms with van der Waals surface area (Å²) >= 11 is 0. The number of carboxylic acid groups (broad SMARTS) is 1. The monoisotopic (exact) mass is 280 g/mol. The van der Waals surface area contributed by atoms with Gasteiger partial charge in [0.15, 0.2) is 0 Å². The van der Waals surface area contributed by atoms with E-state index in [1.165, 1.54) is 6.33 Å². The van der Waals surface area contributed by atoms with Gasteiger partial charge in [0.05, 0.1) is 11.7 Å². The molecule has 1 aliphatic heterocycles. The molecule has 1 saturated heterocycles. The molecule has 110 valence electrons. The van der Waals surface area contributed by atoms with E-state index in [0.29, 0.717) is 12.2 Å². The van der Waals surface area contributed by atoms with Crippen LogP contribution in [0.15, 0.2) is 12.5 Å². The zero-order valence-electron chi connectivity index (χ0n) is 11.5. The molecule has 2 heterocycles. The molecule has 1 aromatic rings. The van der Waals surface area contributed by atoms with Crippen molar-refractivity contribution in [1.82, 2.24) is 20.6 Å². The number of carboxylic acids is 1. The van der Waals surface area contributed by atoms with Crippen molar-refractivity contribution in [2.45, 2.75) is 32.2 Å². The van der Waals surface area contributed by atoms with E-state index in [1.807, 2.05) is 6.92 Å². The van der Waals surface area contributed by atoms with Crippen LogP contribution < -0.4 is 10.6 Å². The molecule has 4 N–H and O–H groups in total. The van der Waals surface area contributed by atoms with Crippen molar-refractivity contribution >= 4 is 11.9 Å². The van der Waals surface area contributed by atoms with E-state index in [9.17, 15) is 14.7 Å². The van der Waals surface area contributed by atoms with Gasteiger partial charge in [-0.2, -0.15) is 0 Å². The lowest BCUT2D eigenvalue weighted by Crippen LogP contribution is -2.53. The second-order valence-electron chi connectivity index (χ2n) is 5.49. The summed E-state index contributed by atoms with van der Waals surface area (Å²) in [6.07, 6.45) is 4.93. The molecule has 1 unspecified atom stereocenters. The van der Waals surface area contributed by atoms with Crippen molar-refractivity contribution in [1.29, 1.82) is 0 Å². The number of rotatable bonds is 5. The lowest BCUT2D eigenvalue weighted by molar-refractivity contribution is -0.144. The number of nitrogens with zero attached hydrogens (tertiary/aromatic N) is 1. The van der Waals surface area contributed by atoms with Gasteiger partial charge in [0, 0.05) is 24.9 Å². The van der Waals surface area contributed by atoms with Crippen molar-refractivity contribution in [2.24, 2.45) is 5.41 Å². The van der Waals surface area contributed by atoms with Gasteiger partial charge < -0.3 is 20.7 Å². The Morgan fingerprint density at radius 3 is 2.95 bits per heavy atom. The second-order valence-corrected chi connectivity index (χ2v) is 5.49. The molecule has 0 spiro atoms. The van der Waals surface area contributed by atoms with E-state index in [4.69, 9.17) is 0 Å². The van der Waals surface area contributed by atoms with Crippen LogP contribution in [0.2, 0.25) is 0 Å². The summed E-state index contributed by atoms with van der Waals surface area (Å²) in [7, 11) is 0. The molecule has 0 radical (unpaired) electrons. The summed E-state index contributed by atoms with van der Waals surface area (Å²) in [4.78, 5) is 30.3. The van der Waals surface area contributed by atoms with E-state index in [-0.39, 0.29) is 12.3 Å². The molecule has 1 aromatic heterocycles. The molecule has 7 heteroatoms. The Morgan fingerprint density at radius 2 is 2.40 bits per heavy atom. The molecule has 1 amide bonds. The minimum absolute atomic E-state index is 0.199. The van der Waals surface area contributed by atoms with Crippen LogP contribution in [-0.2, 0) is 16.0 Å². The highest BCUT2D eigenvalue weighted by Crippen LogP contribution is 2.25. The average Bonchev–Trinajstić information content (AvgIpc) is 2.91. The summed E-state index contributed by atoms with van der Waals surface area (Å²) in [5, 5.41) is 15.1. The largest absolute Gasteiger partial charge is 0.480 e. The number of amides is 1. The Morgan fingerprint density at radius 1 is 1.60 bits per heavy atom. The fourth-order valence-electron chi connectivity index (χ4n) is 2.40. The number of aromatic nitrogens is 2. The Labute approximate surface area is 117 Å². The quantitative estimate of drug-likeness (QED) is 0.603. The highest BCUT2D eigenvalue weighted by Gasteiger charge is 2.36. The van der Waals surface area contributed by atoms with E-state index in [1.54, 1.807) is 6.20 Å². The number of piperidine rings is 1. The van der Waals surface area contributed by atoms with Crippen LogP contribution in [0.3, 0.4) is 0 Å². The summed E-state index contributed by atoms with van der Waals surface area (Å²) in [5.41, 5.74) is 0.143. The minimum Gasteiger partial charge on any atom is -0.480 e. The molecule has 1 fully saturated rings. The van der Waals surface area contributed by atoms with Gasteiger partial charge in [0.2, 0.25) is 5.91 Å². The molecule has 0 aromatic carbocycles. The summed E-state index contributed by atoms with van der Waals surface area (Å²) in [6.45, 7) is 3.35. The van der Waals surface area contributed by atoms with Crippen molar-refractivity contribution in [3.63, 3.8) is 0 Å². The van der Waals surface area contributed by atoms with Crippen molar-refractivity contribution in [3.8, 4) is 0 Å². The lowest BCUT2D eigenvalue weighted by atomic mass is 9.81. The van der Waals surface area contributed by atoms with Crippen LogP contribution >= 0.6 is 0 Å². The van der Waals surface area contributed by atoms with Crippen LogP contribution in [0.5, 0.6) is 0 Å². The van der Waals surface area contributed by atoms with Crippen LogP contribution in [0.25, 0.3) is 0 Å². The number of aromatic amines is 1. The number of nitrogens with one attached hydrogen (secondary N) is 3. The second kappa shape index (κ2) is 6.04. The molecule has 20 heavy (non-hydrogen) atoms. The third-order valence-electron chi connectivity index (χ3n) is 3.73. The van der Waals surface area contributed by atoms with Crippen LogP contribution in [0.1, 0.15) is 25.5 Å². The third kappa shape index (κ3) is 3.36. The number of aliphatic carboxylic acids is 1. The number of H-pyrrole nitrogens is 1. The van der Waals surface area contributed by atoms with E-state index in [2.05, 4.69) is 20.6 Å². The van der Waals surface area contributed by atoms with Gasteiger partial charge in [-0.05, 0) is 26.3 Å². The number of carbonyl (C=O) groups is 2. The Balaban J connectivity index is 2.00. The van der Waals surface area contributed by atoms with Crippen LogP contribution in [-0.4, -0.2) is 46.1 Å². The molecule has 1 aliphatic rings. The fraction of sp³-hybridized carbons (Fsp3) is 0.615. The summed E-state index contributed by atoms with van der Waals surface area (Å²) in [6, 6.07) is -0.943. The van der Waals surface area contributed by atoms with Gasteiger partial charge >= 0.3 is 5.97 Å². The van der Waals surface area contributed by atoms with Gasteiger partial charge in [-0.3, -0.25) is 4.79 Å². The summed E-state index contributed by atoms with van der Waals surface area (Å²) in [5.74, 6) is -1.25. The Hall–Kier alpha value is -1.89. The molecular formula is C13H20N4O3. The van der Waals surface area contributed by atoms with E-state index in [0.717, 1.165) is 19.4 Å². The topological polar surface area (TPSA) is 107 Å². The number of imidazole rings is 1. The maximum absolute atomic E-state index is 12.3. The lowest BCUT2D eigenvalue weighted by Gasteiger charge is -2.33. The first kappa shape index (κ1) is 14.5. The van der Waals surface area contributed by atoms with Gasteiger partial charge in [-0.25, -0.2) is 9.78 Å². The maximum Gasteiger partial charge on any atom is 0.326 e. The fourth-order valence-corrected chi connectivity index (χ4v) is 2.40. The van der Waals surface area contributed by atoms with Crippen molar-refractivity contribution in [2.75, 3.05) is 13.1 Å². The standard InChI is InChI=1S/C13H20N4O3/c1-13(3-2-4-14-7-13)12(20)17-10(11(18)19)5-9-6-15-8-16-9/h6,8,10,14H,2-5,7H2,1H3,(H,15,16)(H,17,20)(H,18,19)/t10-,13?/m0/s1. The zero-order valence-corrected chi connectivity index (χ0v) is 11.5. The first-order valence-electron chi connectivity index (χ1n) is 6.73. The zero-order chi connectivity index (χ0) is 14.6. The van der Waals surface area contributed by atoms with Crippen LogP contribution in [0, 0.1) is 5.41 Å². The smallest absolute Gasteiger partial charge is 0.326 e. The van der Waals surface area contributed by atoms with Crippen LogP contribution in [0.4, 0.5) is 0 Å². The van der Waals surface area contributed by atoms with Gasteiger partial charge in [-0.1, -0.05) is 0 Å². The number of hydrogen-bond donors (Lipinski definition) is 4. The highest BCUT2D eigenvalue weighted by molar-refractivity contribution is 5.87. The normalized spacial score (nSPS) is 24.1. The molecule has 0 bridgehead atoms. The molecule has 0 saturated carbocycles. The maximum atomic E-state index is 12.3. The average molecular weight is 280 g/mol. The molecule has 2 atom stereocenters. The third-order valence-corrected chi connectivity index (χ3v) is 3.73. The van der Waals surface area contributed by atoms with Gasteiger partial charge in [0.25, 0.3) is 0 Å². The Kier molecular flexibility index (Phi) is 4.39. The number of hydrogen-bond acceptors (Lipinski definition) is 4.